The molecule has 1 N–H and O–H groups in total. The van der Waals surface area contributed by atoms with Crippen molar-refractivity contribution in [1.29, 1.82) is 0 Å². The van der Waals surface area contributed by atoms with Gasteiger partial charge in [0.25, 0.3) is 5.91 Å². The smallest absolute Gasteiger partial charge is 0.254 e. The molecule has 1 aliphatic heterocycles. The van der Waals surface area contributed by atoms with Gasteiger partial charge in [0.2, 0.25) is 0 Å². The second-order valence-corrected chi connectivity index (χ2v) is 5.59. The van der Waals surface area contributed by atoms with Gasteiger partial charge in [0.05, 0.1) is 0 Å². The van der Waals surface area contributed by atoms with Crippen LogP contribution in [0.3, 0.4) is 0 Å². The lowest BCUT2D eigenvalue weighted by molar-refractivity contribution is 0.0606. The zero-order valence-corrected chi connectivity index (χ0v) is 12.3. The van der Waals surface area contributed by atoms with Crippen molar-refractivity contribution >= 4 is 17.5 Å². The second-order valence-electron chi connectivity index (χ2n) is 5.15. The molecule has 19 heavy (non-hydrogen) atoms. The topological polar surface area (TPSA) is 32.3 Å². The zero-order valence-electron chi connectivity index (χ0n) is 11.6. The Morgan fingerprint density at radius 2 is 2.16 bits per heavy atom. The molecule has 1 amide bonds. The standard InChI is InChI=1S/C15H21ClN2O/c1-3-15(4-2)11-18(9-8-17-15)14(19)12-6-5-7-13(16)10-12/h5-7,10,17H,3-4,8-9,11H2,1-2H3. The molecule has 0 bridgehead atoms. The Morgan fingerprint density at radius 1 is 1.42 bits per heavy atom. The van der Waals surface area contributed by atoms with E-state index in [-0.39, 0.29) is 11.4 Å². The van der Waals surface area contributed by atoms with Gasteiger partial charge in [0.15, 0.2) is 0 Å². The SMILES string of the molecule is CCC1(CC)CN(C(=O)c2cccc(Cl)c2)CCN1. The van der Waals surface area contributed by atoms with Gasteiger partial charge in [-0.3, -0.25) is 4.79 Å². The number of nitrogens with one attached hydrogen (secondary N) is 1. The first kappa shape index (κ1) is 14.4. The van der Waals surface area contributed by atoms with Crippen LogP contribution in [0.2, 0.25) is 5.02 Å². The first-order valence-electron chi connectivity index (χ1n) is 6.90. The molecule has 0 spiro atoms. The highest BCUT2D eigenvalue weighted by Crippen LogP contribution is 2.22. The van der Waals surface area contributed by atoms with Gasteiger partial charge in [-0.2, -0.15) is 0 Å². The highest BCUT2D eigenvalue weighted by atomic mass is 35.5. The number of benzene rings is 1. The van der Waals surface area contributed by atoms with Crippen LogP contribution in [-0.4, -0.2) is 36.0 Å². The van der Waals surface area contributed by atoms with Crippen LogP contribution in [0.5, 0.6) is 0 Å². The molecule has 0 radical (unpaired) electrons. The normalized spacial score (nSPS) is 18.4. The summed E-state index contributed by atoms with van der Waals surface area (Å²) < 4.78 is 0. The summed E-state index contributed by atoms with van der Waals surface area (Å²) in [5.41, 5.74) is 0.738. The third kappa shape index (κ3) is 3.10. The predicted molar refractivity (Wildman–Crippen MR) is 78.7 cm³/mol. The van der Waals surface area contributed by atoms with Gasteiger partial charge in [-0.05, 0) is 31.0 Å². The van der Waals surface area contributed by atoms with Gasteiger partial charge in [-0.1, -0.05) is 31.5 Å². The molecule has 0 atom stereocenters. The molecule has 0 saturated carbocycles. The highest BCUT2D eigenvalue weighted by Gasteiger charge is 2.33. The number of piperazine rings is 1. The summed E-state index contributed by atoms with van der Waals surface area (Å²) in [5.74, 6) is 0.0790. The molecule has 4 heteroatoms. The van der Waals surface area contributed by atoms with Crippen molar-refractivity contribution in [2.24, 2.45) is 0 Å². The maximum atomic E-state index is 12.5. The fourth-order valence-corrected chi connectivity index (χ4v) is 2.85. The lowest BCUT2D eigenvalue weighted by Gasteiger charge is -2.43. The van der Waals surface area contributed by atoms with Crippen LogP contribution in [0.1, 0.15) is 37.0 Å². The maximum absolute atomic E-state index is 12.5. The largest absolute Gasteiger partial charge is 0.336 e. The lowest BCUT2D eigenvalue weighted by atomic mass is 9.90. The van der Waals surface area contributed by atoms with Crippen molar-refractivity contribution in [3.8, 4) is 0 Å². The van der Waals surface area contributed by atoms with E-state index in [2.05, 4.69) is 19.2 Å². The molecule has 0 unspecified atom stereocenters. The summed E-state index contributed by atoms with van der Waals surface area (Å²) in [6.07, 6.45) is 2.06. The van der Waals surface area contributed by atoms with Gasteiger partial charge >= 0.3 is 0 Å². The summed E-state index contributed by atoms with van der Waals surface area (Å²) in [7, 11) is 0. The Labute approximate surface area is 119 Å². The molecule has 1 fully saturated rings. The van der Waals surface area contributed by atoms with Gasteiger partial charge in [-0.15, -0.1) is 0 Å². The first-order valence-corrected chi connectivity index (χ1v) is 7.28. The third-order valence-electron chi connectivity index (χ3n) is 4.09. The molecule has 1 saturated heterocycles. The highest BCUT2D eigenvalue weighted by molar-refractivity contribution is 6.30. The van der Waals surface area contributed by atoms with E-state index in [1.165, 1.54) is 0 Å². The summed E-state index contributed by atoms with van der Waals surface area (Å²) in [6.45, 7) is 6.72. The number of carbonyl (C=O) groups is 1. The van der Waals surface area contributed by atoms with Crippen molar-refractivity contribution in [1.82, 2.24) is 10.2 Å². The van der Waals surface area contributed by atoms with Crippen LogP contribution in [-0.2, 0) is 0 Å². The van der Waals surface area contributed by atoms with Crippen molar-refractivity contribution in [2.75, 3.05) is 19.6 Å². The van der Waals surface area contributed by atoms with E-state index in [1.54, 1.807) is 12.1 Å². The lowest BCUT2D eigenvalue weighted by Crippen LogP contribution is -2.61. The molecule has 104 valence electrons. The van der Waals surface area contributed by atoms with Gasteiger partial charge in [0.1, 0.15) is 0 Å². The van der Waals surface area contributed by atoms with Crippen LogP contribution in [0.15, 0.2) is 24.3 Å². The van der Waals surface area contributed by atoms with Gasteiger partial charge < -0.3 is 10.2 Å². The van der Waals surface area contributed by atoms with Crippen molar-refractivity contribution in [2.45, 2.75) is 32.2 Å². The molecule has 1 aromatic rings. The third-order valence-corrected chi connectivity index (χ3v) is 4.32. The summed E-state index contributed by atoms with van der Waals surface area (Å²) in [4.78, 5) is 14.5. The Kier molecular flexibility index (Phi) is 4.48. The predicted octanol–water partition coefficient (Wildman–Crippen LogP) is 2.94. The fourth-order valence-electron chi connectivity index (χ4n) is 2.66. The second kappa shape index (κ2) is 5.93. The molecular weight excluding hydrogens is 260 g/mol. The molecule has 2 rings (SSSR count). The van der Waals surface area contributed by atoms with Crippen LogP contribution < -0.4 is 5.32 Å². The number of hydrogen-bond donors (Lipinski definition) is 1. The number of rotatable bonds is 3. The molecule has 0 aliphatic carbocycles. The minimum absolute atomic E-state index is 0.0620. The van der Waals surface area contributed by atoms with Crippen molar-refractivity contribution < 1.29 is 4.79 Å². The molecule has 0 aromatic heterocycles. The van der Waals surface area contributed by atoms with E-state index in [0.29, 0.717) is 10.6 Å². The maximum Gasteiger partial charge on any atom is 0.254 e. The van der Waals surface area contributed by atoms with Crippen LogP contribution in [0, 0.1) is 0 Å². The molecule has 1 aliphatic rings. The van der Waals surface area contributed by atoms with Crippen molar-refractivity contribution in [3.05, 3.63) is 34.9 Å². The molecule has 3 nitrogen and oxygen atoms in total. The van der Waals surface area contributed by atoms with Crippen molar-refractivity contribution in [3.63, 3.8) is 0 Å². The minimum atomic E-state index is 0.0620. The molecular formula is C15H21ClN2O. The molecule has 1 aromatic carbocycles. The number of halogens is 1. The van der Waals surface area contributed by atoms with E-state index in [9.17, 15) is 4.79 Å². The zero-order chi connectivity index (χ0) is 13.9. The Balaban J connectivity index is 2.15. The van der Waals surface area contributed by atoms with Gasteiger partial charge in [-0.25, -0.2) is 0 Å². The molecule has 1 heterocycles. The summed E-state index contributed by atoms with van der Waals surface area (Å²) in [6, 6.07) is 7.18. The average molecular weight is 281 g/mol. The Hall–Kier alpha value is -1.06. The number of amides is 1. The van der Waals surface area contributed by atoms with E-state index >= 15 is 0 Å². The number of nitrogens with zero attached hydrogens (tertiary/aromatic N) is 1. The van der Waals surface area contributed by atoms with Crippen LogP contribution in [0.4, 0.5) is 0 Å². The quantitative estimate of drug-likeness (QED) is 0.923. The van der Waals surface area contributed by atoms with E-state index in [0.717, 1.165) is 32.5 Å². The first-order chi connectivity index (χ1) is 9.10. The van der Waals surface area contributed by atoms with E-state index in [1.807, 2.05) is 17.0 Å². The summed E-state index contributed by atoms with van der Waals surface area (Å²) >= 11 is 5.96. The Morgan fingerprint density at radius 3 is 2.79 bits per heavy atom. The number of carbonyl (C=O) groups excluding carboxylic acids is 1. The van der Waals surface area contributed by atoms with E-state index < -0.39 is 0 Å². The minimum Gasteiger partial charge on any atom is -0.336 e. The monoisotopic (exact) mass is 280 g/mol. The summed E-state index contributed by atoms with van der Waals surface area (Å²) in [5, 5.41) is 4.17. The van der Waals surface area contributed by atoms with E-state index in [4.69, 9.17) is 11.6 Å². The average Bonchev–Trinajstić information content (AvgIpc) is 2.46. The number of hydrogen-bond acceptors (Lipinski definition) is 2. The van der Waals surface area contributed by atoms with Crippen LogP contribution >= 0.6 is 11.6 Å². The fraction of sp³-hybridized carbons (Fsp3) is 0.533. The van der Waals surface area contributed by atoms with Gasteiger partial charge in [0, 0.05) is 35.8 Å². The Bertz CT molecular complexity index is 457. The van der Waals surface area contributed by atoms with Crippen LogP contribution in [0.25, 0.3) is 0 Å².